The average molecular weight is 290 g/mol. The number of halogens is 4. The largest absolute Gasteiger partial charge is 0.390 e. The van der Waals surface area contributed by atoms with Gasteiger partial charge in [-0.05, 0) is 0 Å². The van der Waals surface area contributed by atoms with Crippen LogP contribution in [0.3, 0.4) is 0 Å². The molecule has 17 heavy (non-hydrogen) atoms. The molecule has 5 nitrogen and oxygen atoms in total. The third kappa shape index (κ3) is 5.68. The van der Waals surface area contributed by atoms with E-state index < -0.39 is 28.4 Å². The summed E-state index contributed by atoms with van der Waals surface area (Å²) in [6.07, 6.45) is -3.72. The number of rotatable bonds is 4. The number of sulfonamides is 1. The maximum atomic E-state index is 11.8. The number of aromatic nitrogens is 2. The van der Waals surface area contributed by atoms with Gasteiger partial charge >= 0.3 is 6.18 Å². The van der Waals surface area contributed by atoms with Crippen LogP contribution in [0, 0.1) is 0 Å². The van der Waals surface area contributed by atoms with E-state index in [-0.39, 0.29) is 11.0 Å². The standard InChI is InChI=1S/C7H7ClF3N3O2S/c8-5-3-12-6(13-4-5)14-17(15,16)2-1-7(9,10)11/h3-4H,1-2H2,(H,12,13,14). The Balaban J connectivity index is 2.64. The van der Waals surface area contributed by atoms with Crippen molar-refractivity contribution in [2.24, 2.45) is 0 Å². The van der Waals surface area contributed by atoms with Crippen molar-refractivity contribution in [1.29, 1.82) is 0 Å². The van der Waals surface area contributed by atoms with Crippen LogP contribution < -0.4 is 4.72 Å². The van der Waals surface area contributed by atoms with Gasteiger partial charge in [0.25, 0.3) is 0 Å². The summed E-state index contributed by atoms with van der Waals surface area (Å²) in [5, 5.41) is 0.184. The van der Waals surface area contributed by atoms with Gasteiger partial charge in [-0.2, -0.15) is 13.2 Å². The van der Waals surface area contributed by atoms with E-state index in [1.165, 1.54) is 0 Å². The Kier molecular flexibility index (Phi) is 4.15. The van der Waals surface area contributed by atoms with Gasteiger partial charge in [0.15, 0.2) is 0 Å². The SMILES string of the molecule is O=S(=O)(CCC(F)(F)F)Nc1ncc(Cl)cn1. The van der Waals surface area contributed by atoms with Crippen molar-refractivity contribution < 1.29 is 21.6 Å². The fourth-order valence-electron chi connectivity index (χ4n) is 0.805. The first-order valence-electron chi connectivity index (χ1n) is 4.23. The summed E-state index contributed by atoms with van der Waals surface area (Å²) in [4.78, 5) is 6.99. The van der Waals surface area contributed by atoms with Gasteiger partial charge in [-0.1, -0.05) is 11.6 Å². The zero-order valence-corrected chi connectivity index (χ0v) is 9.77. The fraction of sp³-hybridized carbons (Fsp3) is 0.429. The molecular weight excluding hydrogens is 283 g/mol. The molecule has 0 bridgehead atoms. The zero-order chi connectivity index (χ0) is 13.1. The van der Waals surface area contributed by atoms with E-state index in [1.54, 1.807) is 0 Å². The van der Waals surface area contributed by atoms with Crippen molar-refractivity contribution in [2.45, 2.75) is 12.6 Å². The Bertz CT molecular complexity index is 474. The molecule has 1 N–H and O–H groups in total. The molecule has 0 radical (unpaired) electrons. The van der Waals surface area contributed by atoms with Gasteiger partial charge in [-0.15, -0.1) is 0 Å². The van der Waals surface area contributed by atoms with Crippen molar-refractivity contribution in [2.75, 3.05) is 10.5 Å². The maximum Gasteiger partial charge on any atom is 0.390 e. The lowest BCUT2D eigenvalue weighted by Gasteiger charge is -2.08. The second kappa shape index (κ2) is 5.05. The van der Waals surface area contributed by atoms with Crippen LogP contribution in [0.1, 0.15) is 6.42 Å². The number of hydrogen-bond acceptors (Lipinski definition) is 4. The number of alkyl halides is 3. The normalized spacial score (nSPS) is 12.5. The second-order valence-electron chi connectivity index (χ2n) is 3.01. The lowest BCUT2D eigenvalue weighted by atomic mass is 10.5. The minimum Gasteiger partial charge on any atom is -0.251 e. The molecule has 0 saturated carbocycles. The highest BCUT2D eigenvalue weighted by molar-refractivity contribution is 7.92. The lowest BCUT2D eigenvalue weighted by Crippen LogP contribution is -2.22. The molecule has 0 aliphatic rings. The molecule has 1 aromatic rings. The van der Waals surface area contributed by atoms with E-state index in [0.717, 1.165) is 12.4 Å². The van der Waals surface area contributed by atoms with Crippen LogP contribution >= 0.6 is 11.6 Å². The van der Waals surface area contributed by atoms with Crippen LogP contribution in [-0.2, 0) is 10.0 Å². The quantitative estimate of drug-likeness (QED) is 0.918. The van der Waals surface area contributed by atoms with E-state index >= 15 is 0 Å². The number of nitrogens with zero attached hydrogens (tertiary/aromatic N) is 2. The first kappa shape index (κ1) is 14.0. The van der Waals surface area contributed by atoms with Crippen molar-refractivity contribution >= 4 is 27.6 Å². The zero-order valence-electron chi connectivity index (χ0n) is 8.20. The summed E-state index contributed by atoms with van der Waals surface area (Å²) in [6, 6.07) is 0. The Morgan fingerprint density at radius 2 is 1.82 bits per heavy atom. The summed E-state index contributed by atoms with van der Waals surface area (Å²) in [5.41, 5.74) is 0. The van der Waals surface area contributed by atoms with Crippen molar-refractivity contribution in [3.63, 3.8) is 0 Å². The van der Waals surface area contributed by atoms with Crippen molar-refractivity contribution in [3.8, 4) is 0 Å². The minimum atomic E-state index is -4.53. The highest BCUT2D eigenvalue weighted by Gasteiger charge is 2.30. The van der Waals surface area contributed by atoms with Gasteiger partial charge in [0.1, 0.15) is 0 Å². The lowest BCUT2D eigenvalue weighted by molar-refractivity contribution is -0.129. The Hall–Kier alpha value is -1.09. The molecule has 10 heteroatoms. The molecule has 0 fully saturated rings. The van der Waals surface area contributed by atoms with Gasteiger partial charge in [-0.25, -0.2) is 18.4 Å². The topological polar surface area (TPSA) is 72.0 Å². The van der Waals surface area contributed by atoms with E-state index in [9.17, 15) is 21.6 Å². The van der Waals surface area contributed by atoms with E-state index in [1.807, 2.05) is 4.72 Å². The predicted molar refractivity (Wildman–Crippen MR) is 55.1 cm³/mol. The molecule has 0 atom stereocenters. The molecule has 0 aliphatic heterocycles. The summed E-state index contributed by atoms with van der Waals surface area (Å²) < 4.78 is 59.7. The minimum absolute atomic E-state index is 0.184. The monoisotopic (exact) mass is 289 g/mol. The van der Waals surface area contributed by atoms with Gasteiger partial charge in [0.05, 0.1) is 29.6 Å². The van der Waals surface area contributed by atoms with Crippen molar-refractivity contribution in [3.05, 3.63) is 17.4 Å². The first-order chi connectivity index (χ1) is 7.68. The molecule has 0 spiro atoms. The van der Waals surface area contributed by atoms with Gasteiger partial charge in [-0.3, -0.25) is 4.72 Å². The van der Waals surface area contributed by atoms with Crippen LogP contribution in [0.5, 0.6) is 0 Å². The Morgan fingerprint density at radius 1 is 1.29 bits per heavy atom. The molecule has 0 saturated heterocycles. The molecule has 0 aliphatic carbocycles. The average Bonchev–Trinajstić information content (AvgIpc) is 2.18. The summed E-state index contributed by atoms with van der Waals surface area (Å²) in [5.74, 6) is -1.40. The third-order valence-electron chi connectivity index (χ3n) is 1.52. The van der Waals surface area contributed by atoms with Crippen LogP contribution in [-0.4, -0.2) is 30.3 Å². The summed E-state index contributed by atoms with van der Waals surface area (Å²) in [6.45, 7) is 0. The molecule has 0 amide bonds. The van der Waals surface area contributed by atoms with Crippen LogP contribution in [0.25, 0.3) is 0 Å². The van der Waals surface area contributed by atoms with Crippen LogP contribution in [0.4, 0.5) is 19.1 Å². The van der Waals surface area contributed by atoms with Gasteiger partial charge in [0.2, 0.25) is 16.0 Å². The highest BCUT2D eigenvalue weighted by atomic mass is 35.5. The predicted octanol–water partition coefficient (Wildman–Crippen LogP) is 1.82. The highest BCUT2D eigenvalue weighted by Crippen LogP contribution is 2.20. The number of hydrogen-bond donors (Lipinski definition) is 1. The van der Waals surface area contributed by atoms with Crippen molar-refractivity contribution in [1.82, 2.24) is 9.97 Å². The van der Waals surface area contributed by atoms with E-state index in [2.05, 4.69) is 9.97 Å². The third-order valence-corrected chi connectivity index (χ3v) is 2.95. The van der Waals surface area contributed by atoms with E-state index in [0.29, 0.717) is 0 Å². The molecule has 1 heterocycles. The second-order valence-corrected chi connectivity index (χ2v) is 5.29. The molecule has 0 aromatic carbocycles. The Morgan fingerprint density at radius 3 is 2.29 bits per heavy atom. The van der Waals surface area contributed by atoms with Crippen LogP contribution in [0.15, 0.2) is 12.4 Å². The van der Waals surface area contributed by atoms with Gasteiger partial charge in [0, 0.05) is 0 Å². The number of anilines is 1. The Labute approximate surface area is 100 Å². The smallest absolute Gasteiger partial charge is 0.251 e. The molecular formula is C7H7ClF3N3O2S. The molecule has 0 unspecified atom stereocenters. The fourth-order valence-corrected chi connectivity index (χ4v) is 1.89. The number of nitrogens with one attached hydrogen (secondary N) is 1. The molecule has 96 valence electrons. The summed E-state index contributed by atoms with van der Waals surface area (Å²) >= 11 is 5.45. The van der Waals surface area contributed by atoms with Gasteiger partial charge < -0.3 is 0 Å². The molecule has 1 aromatic heterocycles. The van der Waals surface area contributed by atoms with E-state index in [4.69, 9.17) is 11.6 Å². The van der Waals surface area contributed by atoms with Crippen LogP contribution in [0.2, 0.25) is 5.02 Å². The maximum absolute atomic E-state index is 11.8. The molecule has 1 rings (SSSR count). The first-order valence-corrected chi connectivity index (χ1v) is 6.26. The summed E-state index contributed by atoms with van der Waals surface area (Å²) in [7, 11) is -4.12.